The van der Waals surface area contributed by atoms with E-state index in [1.54, 1.807) is 4.90 Å². The minimum atomic E-state index is -0.633. The van der Waals surface area contributed by atoms with Gasteiger partial charge in [-0.3, -0.25) is 9.59 Å². The zero-order valence-electron chi connectivity index (χ0n) is 16.5. The fraction of sp³-hybridized carbons (Fsp3) is 0.409. The molecule has 0 bridgehead atoms. The number of benzene rings is 1. The van der Waals surface area contributed by atoms with Crippen molar-refractivity contribution in [3.05, 3.63) is 46.8 Å². The van der Waals surface area contributed by atoms with Gasteiger partial charge in [0, 0.05) is 30.4 Å². The Bertz CT molecular complexity index is 1040. The highest BCUT2D eigenvalue weighted by atomic mass is 16.2. The van der Waals surface area contributed by atoms with Crippen LogP contribution in [0.5, 0.6) is 0 Å². The van der Waals surface area contributed by atoms with Crippen LogP contribution in [0, 0.1) is 23.2 Å². The molecule has 28 heavy (non-hydrogen) atoms. The van der Waals surface area contributed by atoms with Crippen molar-refractivity contribution in [3.8, 4) is 17.5 Å². The van der Waals surface area contributed by atoms with Crippen LogP contribution in [0.3, 0.4) is 0 Å². The molecule has 2 aliphatic rings. The average Bonchev–Trinajstić information content (AvgIpc) is 3.28. The maximum atomic E-state index is 12.3. The van der Waals surface area contributed by atoms with Gasteiger partial charge >= 0.3 is 0 Å². The summed E-state index contributed by atoms with van der Waals surface area (Å²) in [6.45, 7) is 4.79. The smallest absolute Gasteiger partial charge is 0.269 e. The molecule has 2 N–H and O–H groups in total. The van der Waals surface area contributed by atoms with E-state index in [1.807, 2.05) is 42.9 Å². The molecule has 1 aromatic carbocycles. The third-order valence-electron chi connectivity index (χ3n) is 5.76. The van der Waals surface area contributed by atoms with E-state index in [-0.39, 0.29) is 5.91 Å². The second-order valence-corrected chi connectivity index (χ2v) is 8.17. The Morgan fingerprint density at radius 3 is 2.82 bits per heavy atom. The van der Waals surface area contributed by atoms with E-state index in [1.165, 1.54) is 0 Å². The van der Waals surface area contributed by atoms with Gasteiger partial charge in [0.1, 0.15) is 5.41 Å². The highest BCUT2D eigenvalue weighted by Gasteiger charge is 2.39. The van der Waals surface area contributed by atoms with Crippen molar-refractivity contribution >= 4 is 11.8 Å². The average molecular weight is 376 g/mol. The summed E-state index contributed by atoms with van der Waals surface area (Å²) in [5.74, 6) is 6.38. The second-order valence-electron chi connectivity index (χ2n) is 8.17. The zero-order chi connectivity index (χ0) is 20.1. The number of fused-ring (bicyclic) bond motifs is 1. The Kier molecular flexibility index (Phi) is 4.26. The van der Waals surface area contributed by atoms with E-state index in [9.17, 15) is 9.59 Å². The quantitative estimate of drug-likeness (QED) is 0.813. The van der Waals surface area contributed by atoms with Gasteiger partial charge in [-0.25, -0.2) is 4.68 Å². The summed E-state index contributed by atoms with van der Waals surface area (Å²) in [5.41, 5.74) is 8.95. The molecule has 1 aromatic heterocycles. The summed E-state index contributed by atoms with van der Waals surface area (Å²) in [5, 5.41) is 4.48. The lowest BCUT2D eigenvalue weighted by Crippen LogP contribution is -2.28. The van der Waals surface area contributed by atoms with Gasteiger partial charge in [0.25, 0.3) is 5.91 Å². The number of hydrogen-bond acceptors (Lipinski definition) is 3. The second kappa shape index (κ2) is 6.52. The van der Waals surface area contributed by atoms with E-state index >= 15 is 0 Å². The van der Waals surface area contributed by atoms with E-state index in [0.29, 0.717) is 11.6 Å². The van der Waals surface area contributed by atoms with Crippen LogP contribution >= 0.6 is 0 Å². The molecule has 6 heteroatoms. The van der Waals surface area contributed by atoms with Gasteiger partial charge in [0.05, 0.1) is 5.69 Å². The monoisotopic (exact) mass is 376 g/mol. The Hall–Kier alpha value is -3.07. The van der Waals surface area contributed by atoms with Crippen molar-refractivity contribution in [1.29, 1.82) is 0 Å². The molecule has 1 fully saturated rings. The minimum Gasteiger partial charge on any atom is -0.364 e. The van der Waals surface area contributed by atoms with E-state index in [2.05, 4.69) is 23.9 Å². The molecular formula is C22H24N4O2. The van der Waals surface area contributed by atoms with Crippen LogP contribution in [0.15, 0.2) is 24.3 Å². The van der Waals surface area contributed by atoms with Crippen LogP contribution in [-0.4, -0.2) is 40.1 Å². The predicted octanol–water partition coefficient (Wildman–Crippen LogP) is 1.93. The predicted molar refractivity (Wildman–Crippen MR) is 106 cm³/mol. The molecule has 144 valence electrons. The Morgan fingerprint density at radius 1 is 1.36 bits per heavy atom. The highest BCUT2D eigenvalue weighted by molar-refractivity contribution is 5.93. The molecule has 0 radical (unpaired) electrons. The minimum absolute atomic E-state index is 0.0705. The van der Waals surface area contributed by atoms with Gasteiger partial charge in [-0.1, -0.05) is 24.8 Å². The highest BCUT2D eigenvalue weighted by Crippen LogP contribution is 2.32. The van der Waals surface area contributed by atoms with Crippen LogP contribution in [-0.2, 0) is 17.6 Å². The third kappa shape index (κ3) is 2.97. The Labute approximate surface area is 164 Å². The molecule has 1 aliphatic carbocycles. The van der Waals surface area contributed by atoms with Crippen LogP contribution in [0.1, 0.15) is 47.6 Å². The van der Waals surface area contributed by atoms with Gasteiger partial charge in [-0.05, 0) is 50.3 Å². The van der Waals surface area contributed by atoms with Gasteiger partial charge in [0.2, 0.25) is 5.91 Å². The molecule has 4 rings (SSSR count). The number of primary amides is 1. The molecule has 1 saturated heterocycles. The van der Waals surface area contributed by atoms with E-state index in [4.69, 9.17) is 5.73 Å². The molecule has 2 heterocycles. The maximum absolute atomic E-state index is 12.3. The first-order chi connectivity index (χ1) is 13.3. The normalized spacial score (nSPS) is 23.5. The first-order valence-electron chi connectivity index (χ1n) is 9.58. The van der Waals surface area contributed by atoms with Crippen molar-refractivity contribution in [2.45, 2.75) is 33.1 Å². The number of rotatable bonds is 2. The molecule has 0 unspecified atom stereocenters. The van der Waals surface area contributed by atoms with Crippen molar-refractivity contribution in [2.75, 3.05) is 13.6 Å². The van der Waals surface area contributed by atoms with E-state index in [0.717, 1.165) is 48.3 Å². The summed E-state index contributed by atoms with van der Waals surface area (Å²) in [6.07, 6.45) is 2.42. The largest absolute Gasteiger partial charge is 0.364 e. The molecule has 2 aromatic rings. The summed E-state index contributed by atoms with van der Waals surface area (Å²) < 4.78 is 1.82. The van der Waals surface area contributed by atoms with Gasteiger partial charge in [-0.15, -0.1) is 0 Å². The fourth-order valence-corrected chi connectivity index (χ4v) is 4.13. The standard InChI is InChI=1S/C22H24N4O2/c1-14-11-17-18(12-14)26(24-19(17)20(23)27)16-6-4-5-15(13-16)7-8-22(2)9-10-25(3)21(22)28/h4-6,13-14H,9-12H2,1-3H3,(H2,23,27)/t14-,22-/m1/s1. The van der Waals surface area contributed by atoms with Gasteiger partial charge < -0.3 is 10.6 Å². The third-order valence-corrected chi connectivity index (χ3v) is 5.76. The molecule has 2 amide bonds. The topological polar surface area (TPSA) is 81.2 Å². The molecule has 1 aliphatic heterocycles. The van der Waals surface area contributed by atoms with Crippen LogP contribution < -0.4 is 5.73 Å². The molecular weight excluding hydrogens is 352 g/mol. The zero-order valence-corrected chi connectivity index (χ0v) is 16.5. The number of amides is 2. The number of aromatic nitrogens is 2. The number of likely N-dealkylation sites (tertiary alicyclic amines) is 1. The summed E-state index contributed by atoms with van der Waals surface area (Å²) in [4.78, 5) is 25.9. The lowest BCUT2D eigenvalue weighted by molar-refractivity contribution is -0.131. The molecule has 6 nitrogen and oxygen atoms in total. The first-order valence-corrected chi connectivity index (χ1v) is 9.58. The van der Waals surface area contributed by atoms with Crippen molar-refractivity contribution < 1.29 is 9.59 Å². The maximum Gasteiger partial charge on any atom is 0.269 e. The Balaban J connectivity index is 1.70. The van der Waals surface area contributed by atoms with Crippen LogP contribution in [0.4, 0.5) is 0 Å². The SMILES string of the molecule is C[C@@H]1Cc2c(C(N)=O)nn(-c3cccc(C#C[C@]4(C)CCN(C)C4=O)c3)c2C1. The number of nitrogens with two attached hydrogens (primary N) is 1. The Morgan fingerprint density at radius 2 is 2.14 bits per heavy atom. The van der Waals surface area contributed by atoms with Crippen molar-refractivity contribution in [3.63, 3.8) is 0 Å². The fourth-order valence-electron chi connectivity index (χ4n) is 4.13. The van der Waals surface area contributed by atoms with E-state index < -0.39 is 11.3 Å². The van der Waals surface area contributed by atoms with Crippen molar-refractivity contribution in [1.82, 2.24) is 14.7 Å². The number of carbonyl (C=O) groups excluding carboxylic acids is 2. The van der Waals surface area contributed by atoms with Crippen molar-refractivity contribution in [2.24, 2.45) is 17.1 Å². The first kappa shape index (κ1) is 18.3. The number of nitrogens with zero attached hydrogens (tertiary/aromatic N) is 3. The number of hydrogen-bond donors (Lipinski definition) is 1. The van der Waals surface area contributed by atoms with Crippen LogP contribution in [0.2, 0.25) is 0 Å². The van der Waals surface area contributed by atoms with Gasteiger partial charge in [-0.2, -0.15) is 5.10 Å². The summed E-state index contributed by atoms with van der Waals surface area (Å²) in [7, 11) is 1.81. The van der Waals surface area contributed by atoms with Gasteiger partial charge in [0.15, 0.2) is 5.69 Å². The summed E-state index contributed by atoms with van der Waals surface area (Å²) in [6, 6.07) is 7.73. The molecule has 0 spiro atoms. The lowest BCUT2D eigenvalue weighted by atomic mass is 9.89. The lowest BCUT2D eigenvalue weighted by Gasteiger charge is -2.14. The summed E-state index contributed by atoms with van der Waals surface area (Å²) >= 11 is 0. The number of carbonyl (C=O) groups is 2. The molecule has 0 saturated carbocycles. The molecule has 2 atom stereocenters. The van der Waals surface area contributed by atoms with Crippen LogP contribution in [0.25, 0.3) is 5.69 Å².